The maximum absolute atomic E-state index is 13.1. The van der Waals surface area contributed by atoms with E-state index in [4.69, 9.17) is 4.74 Å². The van der Waals surface area contributed by atoms with Gasteiger partial charge in [-0.15, -0.1) is 0 Å². The average molecular weight is 326 g/mol. The summed E-state index contributed by atoms with van der Waals surface area (Å²) < 4.78 is 33.1. The minimum atomic E-state index is -3.49. The van der Waals surface area contributed by atoms with Crippen LogP contribution >= 0.6 is 0 Å². The third kappa shape index (κ3) is 2.87. The van der Waals surface area contributed by atoms with Crippen LogP contribution in [0.3, 0.4) is 0 Å². The fourth-order valence-corrected chi connectivity index (χ4v) is 4.98. The highest BCUT2D eigenvalue weighted by Gasteiger charge is 2.37. The first-order valence-electron chi connectivity index (χ1n) is 7.57. The first-order valence-corrected chi connectivity index (χ1v) is 9.01. The van der Waals surface area contributed by atoms with E-state index in [1.54, 1.807) is 23.5 Å². The first-order chi connectivity index (χ1) is 10.2. The molecule has 0 unspecified atom stereocenters. The van der Waals surface area contributed by atoms with Crippen LogP contribution in [0.2, 0.25) is 0 Å². The van der Waals surface area contributed by atoms with E-state index in [2.05, 4.69) is 11.8 Å². The largest absolute Gasteiger partial charge is 0.496 e. The van der Waals surface area contributed by atoms with Gasteiger partial charge in [0.2, 0.25) is 10.0 Å². The molecule has 2 rings (SSSR count). The van der Waals surface area contributed by atoms with Gasteiger partial charge in [-0.05, 0) is 58.0 Å². The van der Waals surface area contributed by atoms with E-state index in [0.717, 1.165) is 23.4 Å². The summed E-state index contributed by atoms with van der Waals surface area (Å²) >= 11 is 0. The molecule has 22 heavy (non-hydrogen) atoms. The molecule has 0 aromatic heterocycles. The minimum Gasteiger partial charge on any atom is -0.496 e. The Balaban J connectivity index is 2.45. The van der Waals surface area contributed by atoms with Crippen LogP contribution in [0.5, 0.6) is 5.75 Å². The first kappa shape index (κ1) is 17.2. The maximum atomic E-state index is 13.1. The molecule has 2 atom stereocenters. The number of likely N-dealkylation sites (N-methyl/N-ethyl adjacent to an activating group) is 1. The molecule has 1 aliphatic rings. The van der Waals surface area contributed by atoms with Crippen molar-refractivity contribution in [3.8, 4) is 5.75 Å². The second-order valence-corrected chi connectivity index (χ2v) is 8.02. The van der Waals surface area contributed by atoms with Crippen LogP contribution in [0.4, 0.5) is 0 Å². The van der Waals surface area contributed by atoms with Gasteiger partial charge in [0.05, 0.1) is 12.0 Å². The molecule has 0 saturated carbocycles. The molecule has 0 N–H and O–H groups in total. The summed E-state index contributed by atoms with van der Waals surface area (Å²) in [6, 6.07) is 3.67. The van der Waals surface area contributed by atoms with E-state index in [0.29, 0.717) is 11.4 Å². The number of nitrogens with zero attached hydrogens (tertiary/aromatic N) is 2. The lowest BCUT2D eigenvalue weighted by atomic mass is 10.1. The number of rotatable bonds is 3. The van der Waals surface area contributed by atoms with E-state index in [-0.39, 0.29) is 12.1 Å². The molecule has 1 aromatic carbocycles. The lowest BCUT2D eigenvalue weighted by Gasteiger charge is -2.42. The van der Waals surface area contributed by atoms with E-state index in [1.165, 1.54) is 0 Å². The van der Waals surface area contributed by atoms with Crippen molar-refractivity contribution in [1.29, 1.82) is 0 Å². The van der Waals surface area contributed by atoms with Gasteiger partial charge in [0.15, 0.2) is 0 Å². The van der Waals surface area contributed by atoms with Crippen molar-refractivity contribution in [3.05, 3.63) is 23.3 Å². The lowest BCUT2D eigenvalue weighted by molar-refractivity contribution is 0.109. The van der Waals surface area contributed by atoms with Crippen molar-refractivity contribution in [2.45, 2.75) is 44.7 Å². The molecular formula is C16H26N2O3S. The Bertz CT molecular complexity index is 658. The van der Waals surface area contributed by atoms with Gasteiger partial charge >= 0.3 is 0 Å². The zero-order valence-electron chi connectivity index (χ0n) is 14.3. The average Bonchev–Trinajstić information content (AvgIpc) is 2.46. The second kappa shape index (κ2) is 6.18. The Labute approximate surface area is 133 Å². The lowest BCUT2D eigenvalue weighted by Crippen LogP contribution is -2.57. The van der Waals surface area contributed by atoms with Crippen LogP contribution in [-0.2, 0) is 10.0 Å². The predicted molar refractivity (Wildman–Crippen MR) is 87.9 cm³/mol. The van der Waals surface area contributed by atoms with Gasteiger partial charge in [0.25, 0.3) is 0 Å². The molecule has 0 bridgehead atoms. The summed E-state index contributed by atoms with van der Waals surface area (Å²) in [4.78, 5) is 2.58. The number of aryl methyl sites for hydroxylation is 2. The third-order valence-electron chi connectivity index (χ3n) is 4.80. The van der Waals surface area contributed by atoms with Gasteiger partial charge in [-0.3, -0.25) is 0 Å². The monoisotopic (exact) mass is 326 g/mol. The number of piperazine rings is 1. The van der Waals surface area contributed by atoms with Crippen molar-refractivity contribution in [1.82, 2.24) is 9.21 Å². The number of hydrogen-bond donors (Lipinski definition) is 0. The highest BCUT2D eigenvalue weighted by Crippen LogP contribution is 2.30. The number of benzene rings is 1. The van der Waals surface area contributed by atoms with Gasteiger partial charge in [0, 0.05) is 25.2 Å². The van der Waals surface area contributed by atoms with Crippen LogP contribution in [0.1, 0.15) is 25.0 Å². The van der Waals surface area contributed by atoms with Crippen molar-refractivity contribution in [3.63, 3.8) is 0 Å². The van der Waals surface area contributed by atoms with Gasteiger partial charge < -0.3 is 9.64 Å². The predicted octanol–water partition coefficient (Wildman–Crippen LogP) is 2.03. The molecule has 1 aromatic rings. The van der Waals surface area contributed by atoms with Crippen molar-refractivity contribution in [2.24, 2.45) is 0 Å². The summed E-state index contributed by atoms with van der Waals surface area (Å²) in [5.74, 6) is 0.719. The Morgan fingerprint density at radius 2 is 1.73 bits per heavy atom. The Kier molecular flexibility index (Phi) is 4.84. The number of ether oxygens (including phenoxy) is 1. The van der Waals surface area contributed by atoms with Crippen molar-refractivity contribution >= 4 is 10.0 Å². The highest BCUT2D eigenvalue weighted by molar-refractivity contribution is 7.89. The number of sulfonamides is 1. The molecule has 0 radical (unpaired) electrons. The third-order valence-corrected chi connectivity index (χ3v) is 6.93. The summed E-state index contributed by atoms with van der Waals surface area (Å²) in [5.41, 5.74) is 1.56. The highest BCUT2D eigenvalue weighted by atomic mass is 32.2. The molecule has 6 heteroatoms. The number of methoxy groups -OCH3 is 1. The van der Waals surface area contributed by atoms with E-state index >= 15 is 0 Å². The molecule has 124 valence electrons. The van der Waals surface area contributed by atoms with E-state index < -0.39 is 10.0 Å². The smallest absolute Gasteiger partial charge is 0.243 e. The van der Waals surface area contributed by atoms with Crippen molar-refractivity contribution < 1.29 is 13.2 Å². The van der Waals surface area contributed by atoms with Gasteiger partial charge in [-0.25, -0.2) is 8.42 Å². The molecule has 1 heterocycles. The Morgan fingerprint density at radius 3 is 2.32 bits per heavy atom. The quantitative estimate of drug-likeness (QED) is 0.853. The molecule has 0 spiro atoms. The van der Waals surface area contributed by atoms with Crippen LogP contribution in [0, 0.1) is 13.8 Å². The molecule has 1 aliphatic heterocycles. The summed E-state index contributed by atoms with van der Waals surface area (Å²) in [6.45, 7) is 9.00. The molecule has 5 nitrogen and oxygen atoms in total. The summed E-state index contributed by atoms with van der Waals surface area (Å²) in [5, 5.41) is 0. The SMILES string of the molecule is COc1cc(C)c(S(=O)(=O)N2CCN(C)[C@@H](C)[C@H]2C)cc1C. The second-order valence-electron chi connectivity index (χ2n) is 6.16. The Morgan fingerprint density at radius 1 is 1.09 bits per heavy atom. The fraction of sp³-hybridized carbons (Fsp3) is 0.625. The molecule has 0 aliphatic carbocycles. The van der Waals surface area contributed by atoms with E-state index in [9.17, 15) is 8.42 Å². The number of hydrogen-bond acceptors (Lipinski definition) is 4. The van der Waals surface area contributed by atoms with Crippen LogP contribution in [0.25, 0.3) is 0 Å². The van der Waals surface area contributed by atoms with Crippen molar-refractivity contribution in [2.75, 3.05) is 27.2 Å². The molecule has 0 amide bonds. The van der Waals surface area contributed by atoms with Crippen LogP contribution in [0.15, 0.2) is 17.0 Å². The molecular weight excluding hydrogens is 300 g/mol. The van der Waals surface area contributed by atoms with Crippen LogP contribution in [-0.4, -0.2) is 57.0 Å². The van der Waals surface area contributed by atoms with Crippen LogP contribution < -0.4 is 4.74 Å². The zero-order chi connectivity index (χ0) is 16.7. The van der Waals surface area contributed by atoms with E-state index in [1.807, 2.05) is 27.8 Å². The minimum absolute atomic E-state index is 0.0504. The molecule has 1 fully saturated rings. The maximum Gasteiger partial charge on any atom is 0.243 e. The zero-order valence-corrected chi connectivity index (χ0v) is 15.1. The normalized spacial score (nSPS) is 24.5. The van der Waals surface area contributed by atoms with Gasteiger partial charge in [-0.2, -0.15) is 4.31 Å². The topological polar surface area (TPSA) is 49.9 Å². The van der Waals surface area contributed by atoms with Gasteiger partial charge in [0.1, 0.15) is 5.75 Å². The van der Waals surface area contributed by atoms with Gasteiger partial charge in [-0.1, -0.05) is 0 Å². The molecule has 1 saturated heterocycles. The summed E-state index contributed by atoms with van der Waals surface area (Å²) in [7, 11) is 0.138. The fourth-order valence-electron chi connectivity index (χ4n) is 3.00. The Hall–Kier alpha value is -1.11. The summed E-state index contributed by atoms with van der Waals surface area (Å²) in [6.07, 6.45) is 0. The standard InChI is InChI=1S/C16H26N2O3S/c1-11-10-16(12(2)9-15(11)21-6)22(19,20)18-8-7-17(5)13(3)14(18)4/h9-10,13-14H,7-8H2,1-6H3/t13-,14+/m0/s1.